The molecule has 1 heterocycles. The number of rotatable bonds is 7. The molecule has 0 spiro atoms. The van der Waals surface area contributed by atoms with Gasteiger partial charge in [0.15, 0.2) is 5.69 Å². The molecule has 0 saturated heterocycles. The fraction of sp³-hybridized carbons (Fsp3) is 0.444. The van der Waals surface area contributed by atoms with Gasteiger partial charge in [-0.3, -0.25) is 4.79 Å². The summed E-state index contributed by atoms with van der Waals surface area (Å²) in [5, 5.41) is 6.73. The van der Waals surface area contributed by atoms with Crippen molar-refractivity contribution >= 4 is 5.91 Å². The molecule has 2 aromatic rings. The Bertz CT molecular complexity index is 677. The van der Waals surface area contributed by atoms with E-state index in [-0.39, 0.29) is 12.5 Å². The van der Waals surface area contributed by atoms with E-state index in [1.165, 1.54) is 5.56 Å². The van der Waals surface area contributed by atoms with E-state index < -0.39 is 0 Å². The van der Waals surface area contributed by atoms with Crippen LogP contribution < -0.4 is 10.1 Å². The van der Waals surface area contributed by atoms with Gasteiger partial charge in [-0.05, 0) is 38.8 Å². The number of aryl methyl sites for hydroxylation is 3. The van der Waals surface area contributed by atoms with Crippen molar-refractivity contribution in [2.45, 2.75) is 47.1 Å². The van der Waals surface area contributed by atoms with Gasteiger partial charge in [0.25, 0.3) is 5.91 Å². The zero-order chi connectivity index (χ0) is 16.8. The van der Waals surface area contributed by atoms with Crippen molar-refractivity contribution < 1.29 is 14.1 Å². The van der Waals surface area contributed by atoms with Crippen molar-refractivity contribution in [3.8, 4) is 5.75 Å². The maximum Gasteiger partial charge on any atom is 0.273 e. The second kappa shape index (κ2) is 7.81. The number of amides is 1. The van der Waals surface area contributed by atoms with Crippen LogP contribution in [0.1, 0.15) is 52.7 Å². The molecule has 0 aliphatic rings. The number of benzene rings is 1. The number of nitrogens with one attached hydrogen (secondary N) is 1. The molecule has 1 aromatic carbocycles. The minimum atomic E-state index is -0.213. The zero-order valence-electron chi connectivity index (χ0n) is 14.2. The number of carbonyl (C=O) groups excluding carboxylic acids is 1. The van der Waals surface area contributed by atoms with Crippen LogP contribution in [0.25, 0.3) is 0 Å². The predicted molar refractivity (Wildman–Crippen MR) is 88.7 cm³/mol. The van der Waals surface area contributed by atoms with Gasteiger partial charge in [-0.2, -0.15) is 0 Å². The standard InChI is InChI=1S/C18H24N2O3/c1-5-6-9-19-18(21)17-15(14(4)23-20-17)11-22-16-8-7-12(2)10-13(16)3/h7-8,10H,5-6,9,11H2,1-4H3,(H,19,21). The lowest BCUT2D eigenvalue weighted by Crippen LogP contribution is -2.26. The first kappa shape index (κ1) is 17.1. The Hall–Kier alpha value is -2.30. The molecule has 0 aliphatic heterocycles. The van der Waals surface area contributed by atoms with Crippen molar-refractivity contribution in [2.24, 2.45) is 0 Å². The van der Waals surface area contributed by atoms with E-state index in [1.807, 2.05) is 26.0 Å². The molecule has 1 amide bonds. The Kier molecular flexibility index (Phi) is 5.79. The molecular weight excluding hydrogens is 292 g/mol. The lowest BCUT2D eigenvalue weighted by Gasteiger charge is -2.10. The molecule has 5 heteroatoms. The summed E-state index contributed by atoms with van der Waals surface area (Å²) in [6.07, 6.45) is 1.97. The molecule has 1 N–H and O–H groups in total. The first-order valence-electron chi connectivity index (χ1n) is 7.96. The van der Waals surface area contributed by atoms with Gasteiger partial charge in [-0.15, -0.1) is 0 Å². The molecule has 0 bridgehead atoms. The summed E-state index contributed by atoms with van der Waals surface area (Å²) >= 11 is 0. The average Bonchev–Trinajstić information content (AvgIpc) is 2.88. The quantitative estimate of drug-likeness (QED) is 0.791. The van der Waals surface area contributed by atoms with Gasteiger partial charge < -0.3 is 14.6 Å². The van der Waals surface area contributed by atoms with Gasteiger partial charge in [0.05, 0.1) is 5.56 Å². The molecule has 0 saturated carbocycles. The van der Waals surface area contributed by atoms with Crippen LogP contribution in [0.3, 0.4) is 0 Å². The first-order valence-corrected chi connectivity index (χ1v) is 7.96. The van der Waals surface area contributed by atoms with Crippen LogP contribution in [0.15, 0.2) is 22.7 Å². The molecule has 0 unspecified atom stereocenters. The lowest BCUT2D eigenvalue weighted by atomic mass is 10.1. The lowest BCUT2D eigenvalue weighted by molar-refractivity contribution is 0.0942. The van der Waals surface area contributed by atoms with Gasteiger partial charge in [0.2, 0.25) is 0 Å². The smallest absolute Gasteiger partial charge is 0.273 e. The zero-order valence-corrected chi connectivity index (χ0v) is 14.2. The maximum absolute atomic E-state index is 12.2. The minimum absolute atomic E-state index is 0.213. The normalized spacial score (nSPS) is 10.6. The van der Waals surface area contributed by atoms with E-state index in [4.69, 9.17) is 9.26 Å². The van der Waals surface area contributed by atoms with E-state index in [9.17, 15) is 4.79 Å². The molecule has 5 nitrogen and oxygen atoms in total. The SMILES string of the molecule is CCCCNC(=O)c1noc(C)c1COc1ccc(C)cc1C. The number of hydrogen-bond acceptors (Lipinski definition) is 4. The largest absolute Gasteiger partial charge is 0.488 e. The topological polar surface area (TPSA) is 64.4 Å². The molecule has 1 aromatic heterocycles. The molecule has 23 heavy (non-hydrogen) atoms. The highest BCUT2D eigenvalue weighted by atomic mass is 16.5. The molecule has 0 radical (unpaired) electrons. The van der Waals surface area contributed by atoms with Crippen molar-refractivity contribution in [1.82, 2.24) is 10.5 Å². The third-order valence-electron chi connectivity index (χ3n) is 3.72. The molecule has 0 aliphatic carbocycles. The van der Waals surface area contributed by atoms with Crippen molar-refractivity contribution in [1.29, 1.82) is 0 Å². The molecule has 124 valence electrons. The van der Waals surface area contributed by atoms with E-state index >= 15 is 0 Å². The Morgan fingerprint density at radius 1 is 1.30 bits per heavy atom. The highest BCUT2D eigenvalue weighted by molar-refractivity contribution is 5.93. The fourth-order valence-corrected chi connectivity index (χ4v) is 2.31. The van der Waals surface area contributed by atoms with E-state index in [1.54, 1.807) is 6.92 Å². The minimum Gasteiger partial charge on any atom is -0.488 e. The highest BCUT2D eigenvalue weighted by Gasteiger charge is 2.20. The van der Waals surface area contributed by atoms with E-state index in [0.717, 1.165) is 24.2 Å². The third-order valence-corrected chi connectivity index (χ3v) is 3.72. The van der Waals surface area contributed by atoms with Crippen LogP contribution in [0, 0.1) is 20.8 Å². The summed E-state index contributed by atoms with van der Waals surface area (Å²) in [6.45, 7) is 8.81. The summed E-state index contributed by atoms with van der Waals surface area (Å²) < 4.78 is 11.0. The van der Waals surface area contributed by atoms with Crippen molar-refractivity contribution in [3.05, 3.63) is 46.3 Å². The van der Waals surface area contributed by atoms with Crippen LogP contribution in [0.4, 0.5) is 0 Å². The second-order valence-corrected chi connectivity index (χ2v) is 5.73. The summed E-state index contributed by atoms with van der Waals surface area (Å²) in [7, 11) is 0. The first-order chi connectivity index (χ1) is 11.0. The second-order valence-electron chi connectivity index (χ2n) is 5.73. The van der Waals surface area contributed by atoms with Gasteiger partial charge >= 0.3 is 0 Å². The Morgan fingerprint density at radius 2 is 2.09 bits per heavy atom. The summed E-state index contributed by atoms with van der Waals surface area (Å²) in [5.74, 6) is 1.19. The van der Waals surface area contributed by atoms with Crippen LogP contribution in [-0.4, -0.2) is 17.6 Å². The molecular formula is C18H24N2O3. The van der Waals surface area contributed by atoms with Crippen molar-refractivity contribution in [3.63, 3.8) is 0 Å². The van der Waals surface area contributed by atoms with Crippen LogP contribution >= 0.6 is 0 Å². The number of aromatic nitrogens is 1. The number of ether oxygens (including phenoxy) is 1. The molecule has 0 atom stereocenters. The van der Waals surface area contributed by atoms with Crippen LogP contribution in [0.2, 0.25) is 0 Å². The number of unbranched alkanes of at least 4 members (excludes halogenated alkanes) is 1. The number of hydrogen-bond donors (Lipinski definition) is 1. The van der Waals surface area contributed by atoms with Crippen LogP contribution in [-0.2, 0) is 6.61 Å². The Balaban J connectivity index is 2.07. The monoisotopic (exact) mass is 316 g/mol. The number of carbonyl (C=O) groups is 1. The average molecular weight is 316 g/mol. The van der Waals surface area contributed by atoms with Gasteiger partial charge in [-0.25, -0.2) is 0 Å². The third kappa shape index (κ3) is 4.34. The van der Waals surface area contributed by atoms with E-state index in [0.29, 0.717) is 23.6 Å². The number of nitrogens with zero attached hydrogens (tertiary/aromatic N) is 1. The maximum atomic E-state index is 12.2. The fourth-order valence-electron chi connectivity index (χ4n) is 2.31. The van der Waals surface area contributed by atoms with Gasteiger partial charge in [0, 0.05) is 6.54 Å². The van der Waals surface area contributed by atoms with Gasteiger partial charge in [-0.1, -0.05) is 36.2 Å². The molecule has 2 rings (SSSR count). The molecule has 0 fully saturated rings. The Labute approximate surface area is 137 Å². The summed E-state index contributed by atoms with van der Waals surface area (Å²) in [5.41, 5.74) is 3.25. The summed E-state index contributed by atoms with van der Waals surface area (Å²) in [6, 6.07) is 6.00. The Morgan fingerprint density at radius 3 is 2.78 bits per heavy atom. The van der Waals surface area contributed by atoms with Gasteiger partial charge in [0.1, 0.15) is 18.1 Å². The predicted octanol–water partition coefficient (Wildman–Crippen LogP) is 3.71. The highest BCUT2D eigenvalue weighted by Crippen LogP contribution is 2.22. The van der Waals surface area contributed by atoms with Crippen molar-refractivity contribution in [2.75, 3.05) is 6.54 Å². The summed E-state index contributed by atoms with van der Waals surface area (Å²) in [4.78, 5) is 12.2. The van der Waals surface area contributed by atoms with E-state index in [2.05, 4.69) is 23.5 Å². The van der Waals surface area contributed by atoms with Crippen LogP contribution in [0.5, 0.6) is 5.75 Å².